The number of hydrogen-bond donors (Lipinski definition) is 0. The Bertz CT molecular complexity index is 765. The van der Waals surface area contributed by atoms with Gasteiger partial charge < -0.3 is 14.0 Å². The zero-order valence-electron chi connectivity index (χ0n) is 12.5. The number of aromatic nitrogens is 1. The van der Waals surface area contributed by atoms with Crippen LogP contribution in [0.2, 0.25) is 0 Å². The van der Waals surface area contributed by atoms with Gasteiger partial charge in [0, 0.05) is 12.3 Å². The van der Waals surface area contributed by atoms with Gasteiger partial charge in [0.1, 0.15) is 11.4 Å². The maximum Gasteiger partial charge on any atom is 0.355 e. The number of nitro benzene ring substituents is 1. The fraction of sp³-hybridized carbons (Fsp3) is 0.200. The van der Waals surface area contributed by atoms with Crippen LogP contribution in [0.5, 0.6) is 0 Å². The van der Waals surface area contributed by atoms with E-state index in [1.54, 1.807) is 13.0 Å². The Morgan fingerprint density at radius 1 is 1.26 bits per heavy atom. The second-order valence-corrected chi connectivity index (χ2v) is 4.44. The smallest absolute Gasteiger partial charge is 0.355 e. The van der Waals surface area contributed by atoms with Gasteiger partial charge in [-0.25, -0.2) is 9.59 Å². The summed E-state index contributed by atoms with van der Waals surface area (Å²) >= 11 is 0. The van der Waals surface area contributed by atoms with Gasteiger partial charge in [-0.3, -0.25) is 10.1 Å². The monoisotopic (exact) mass is 318 g/mol. The number of carbonyl (C=O) groups excluding carboxylic acids is 2. The molecule has 0 aliphatic rings. The van der Waals surface area contributed by atoms with E-state index >= 15 is 0 Å². The summed E-state index contributed by atoms with van der Waals surface area (Å²) in [6, 6.07) is 6.95. The molecule has 2 rings (SSSR count). The molecular weight excluding hydrogens is 304 g/mol. The molecule has 1 heterocycles. The Morgan fingerprint density at radius 2 is 2.00 bits per heavy atom. The normalized spacial score (nSPS) is 10.2. The van der Waals surface area contributed by atoms with Crippen LogP contribution in [0.25, 0.3) is 5.69 Å². The predicted octanol–water partition coefficient (Wildman–Crippen LogP) is 2.35. The lowest BCUT2D eigenvalue weighted by Crippen LogP contribution is -2.12. The van der Waals surface area contributed by atoms with Crippen molar-refractivity contribution >= 4 is 17.6 Å². The Labute approximate surface area is 131 Å². The van der Waals surface area contributed by atoms with E-state index in [-0.39, 0.29) is 29.2 Å². The molecule has 8 nitrogen and oxygen atoms in total. The summed E-state index contributed by atoms with van der Waals surface area (Å²) in [5.41, 5.74) is 0.0268. The minimum absolute atomic E-state index is 0.0489. The van der Waals surface area contributed by atoms with Crippen LogP contribution in [0, 0.1) is 10.1 Å². The van der Waals surface area contributed by atoms with Crippen LogP contribution in [0.4, 0.5) is 5.69 Å². The highest BCUT2D eigenvalue weighted by Crippen LogP contribution is 2.26. The van der Waals surface area contributed by atoms with Gasteiger partial charge in [0.05, 0.1) is 24.2 Å². The van der Waals surface area contributed by atoms with Crippen LogP contribution >= 0.6 is 0 Å². The molecule has 0 amide bonds. The lowest BCUT2D eigenvalue weighted by molar-refractivity contribution is -0.384. The van der Waals surface area contributed by atoms with Gasteiger partial charge >= 0.3 is 11.9 Å². The van der Waals surface area contributed by atoms with E-state index in [0.29, 0.717) is 0 Å². The lowest BCUT2D eigenvalue weighted by atomic mass is 10.1. The predicted molar refractivity (Wildman–Crippen MR) is 79.7 cm³/mol. The van der Waals surface area contributed by atoms with Gasteiger partial charge in [0.15, 0.2) is 0 Å². The van der Waals surface area contributed by atoms with Gasteiger partial charge in [0.25, 0.3) is 5.69 Å². The molecule has 0 aliphatic heterocycles. The van der Waals surface area contributed by atoms with Crippen molar-refractivity contribution in [2.75, 3.05) is 13.7 Å². The number of nitro groups is 1. The topological polar surface area (TPSA) is 101 Å². The number of ether oxygens (including phenoxy) is 2. The fourth-order valence-corrected chi connectivity index (χ4v) is 2.08. The van der Waals surface area contributed by atoms with Crippen molar-refractivity contribution in [3.8, 4) is 5.69 Å². The van der Waals surface area contributed by atoms with E-state index in [2.05, 4.69) is 4.74 Å². The van der Waals surface area contributed by atoms with E-state index in [1.807, 2.05) is 0 Å². The van der Waals surface area contributed by atoms with Gasteiger partial charge in [-0.1, -0.05) is 0 Å². The number of hydrogen-bond acceptors (Lipinski definition) is 6. The van der Waals surface area contributed by atoms with Gasteiger partial charge in [-0.05, 0) is 31.2 Å². The summed E-state index contributed by atoms with van der Waals surface area (Å²) in [5, 5.41) is 11.3. The Kier molecular flexibility index (Phi) is 4.75. The maximum atomic E-state index is 11.9. The molecule has 0 atom stereocenters. The first-order chi connectivity index (χ1) is 11.0. The molecule has 120 valence electrons. The van der Waals surface area contributed by atoms with Gasteiger partial charge in [-0.2, -0.15) is 0 Å². The summed E-state index contributed by atoms with van der Waals surface area (Å²) in [6.07, 6.45) is 1.51. The maximum absolute atomic E-state index is 11.9. The average Bonchev–Trinajstić information content (AvgIpc) is 3.03. The quantitative estimate of drug-likeness (QED) is 0.476. The van der Waals surface area contributed by atoms with E-state index in [1.165, 1.54) is 36.1 Å². The molecule has 23 heavy (non-hydrogen) atoms. The standard InChI is InChI=1S/C15H14N2O6/c1-3-23-15(19)12-5-4-8-16(12)11-7-6-10(14(18)22-2)9-13(11)17(20)21/h4-9H,3H2,1-2H3. The highest BCUT2D eigenvalue weighted by atomic mass is 16.6. The van der Waals surface area contributed by atoms with Crippen molar-refractivity contribution in [1.29, 1.82) is 0 Å². The van der Waals surface area contributed by atoms with Crippen molar-refractivity contribution in [2.24, 2.45) is 0 Å². The number of rotatable bonds is 5. The first-order valence-corrected chi connectivity index (χ1v) is 6.71. The Morgan fingerprint density at radius 3 is 2.61 bits per heavy atom. The number of carbonyl (C=O) groups is 2. The molecule has 0 saturated carbocycles. The molecule has 0 saturated heterocycles. The Balaban J connectivity index is 2.56. The SMILES string of the molecule is CCOC(=O)c1cccn1-c1ccc(C(=O)OC)cc1[N+](=O)[O-]. The molecule has 0 fully saturated rings. The van der Waals surface area contributed by atoms with Crippen molar-refractivity contribution in [1.82, 2.24) is 4.57 Å². The number of methoxy groups -OCH3 is 1. The largest absolute Gasteiger partial charge is 0.465 e. The molecule has 0 unspecified atom stereocenters. The summed E-state index contributed by atoms with van der Waals surface area (Å²) in [4.78, 5) is 34.1. The minimum Gasteiger partial charge on any atom is -0.465 e. The zero-order chi connectivity index (χ0) is 17.0. The summed E-state index contributed by atoms with van der Waals surface area (Å²) < 4.78 is 10.8. The van der Waals surface area contributed by atoms with E-state index < -0.39 is 16.9 Å². The molecule has 2 aromatic rings. The molecule has 1 aromatic heterocycles. The van der Waals surface area contributed by atoms with Crippen LogP contribution in [-0.4, -0.2) is 35.1 Å². The molecule has 0 spiro atoms. The van der Waals surface area contributed by atoms with Crippen molar-refractivity contribution in [3.05, 3.63) is 57.9 Å². The summed E-state index contributed by atoms with van der Waals surface area (Å²) in [6.45, 7) is 1.85. The molecule has 0 radical (unpaired) electrons. The number of benzene rings is 1. The van der Waals surface area contributed by atoms with Crippen LogP contribution in [-0.2, 0) is 9.47 Å². The van der Waals surface area contributed by atoms with Gasteiger partial charge in [0.2, 0.25) is 0 Å². The highest BCUT2D eigenvalue weighted by molar-refractivity contribution is 5.91. The lowest BCUT2D eigenvalue weighted by Gasteiger charge is -2.10. The highest BCUT2D eigenvalue weighted by Gasteiger charge is 2.22. The van der Waals surface area contributed by atoms with Crippen molar-refractivity contribution in [3.63, 3.8) is 0 Å². The molecule has 1 aromatic carbocycles. The molecule has 8 heteroatoms. The fourth-order valence-electron chi connectivity index (χ4n) is 2.08. The minimum atomic E-state index is -0.683. The second kappa shape index (κ2) is 6.73. The Hall–Kier alpha value is -3.16. The average molecular weight is 318 g/mol. The molecular formula is C15H14N2O6. The van der Waals surface area contributed by atoms with Gasteiger partial charge in [-0.15, -0.1) is 0 Å². The third-order valence-corrected chi connectivity index (χ3v) is 3.09. The zero-order valence-corrected chi connectivity index (χ0v) is 12.5. The van der Waals surface area contributed by atoms with Crippen LogP contribution in [0.3, 0.4) is 0 Å². The van der Waals surface area contributed by atoms with Crippen LogP contribution < -0.4 is 0 Å². The van der Waals surface area contributed by atoms with E-state index in [4.69, 9.17) is 4.74 Å². The second-order valence-electron chi connectivity index (χ2n) is 4.44. The van der Waals surface area contributed by atoms with Crippen molar-refractivity contribution in [2.45, 2.75) is 6.92 Å². The third kappa shape index (κ3) is 3.20. The van der Waals surface area contributed by atoms with Crippen LogP contribution in [0.15, 0.2) is 36.5 Å². The number of nitrogens with zero attached hydrogens (tertiary/aromatic N) is 2. The summed E-state index contributed by atoms with van der Waals surface area (Å²) in [5.74, 6) is -1.28. The van der Waals surface area contributed by atoms with E-state index in [9.17, 15) is 19.7 Å². The third-order valence-electron chi connectivity index (χ3n) is 3.09. The number of esters is 2. The van der Waals surface area contributed by atoms with Crippen LogP contribution in [0.1, 0.15) is 27.8 Å². The summed E-state index contributed by atoms with van der Waals surface area (Å²) in [7, 11) is 1.19. The molecule has 0 aliphatic carbocycles. The molecule has 0 N–H and O–H groups in total. The van der Waals surface area contributed by atoms with Crippen molar-refractivity contribution < 1.29 is 24.0 Å². The first kappa shape index (κ1) is 16.2. The first-order valence-electron chi connectivity index (χ1n) is 6.71. The molecule has 0 bridgehead atoms. The van der Waals surface area contributed by atoms with E-state index in [0.717, 1.165) is 6.07 Å².